The van der Waals surface area contributed by atoms with Crippen LogP contribution in [-0.2, 0) is 5.41 Å². The SMILES string of the molecule is CCC(N=Cc1cc(OC)cc(C(C)(C)C)c1O)C(C)C. The molecular formula is C18H29NO2. The summed E-state index contributed by atoms with van der Waals surface area (Å²) < 4.78 is 5.35. The number of methoxy groups -OCH3 is 1. The Labute approximate surface area is 129 Å². The normalized spacial score (nSPS) is 13.9. The van der Waals surface area contributed by atoms with Gasteiger partial charge in [0.05, 0.1) is 13.2 Å². The van der Waals surface area contributed by atoms with Crippen LogP contribution in [0.2, 0.25) is 0 Å². The van der Waals surface area contributed by atoms with Gasteiger partial charge in [-0.25, -0.2) is 0 Å². The molecule has 1 N–H and O–H groups in total. The Morgan fingerprint density at radius 1 is 1.29 bits per heavy atom. The molecule has 3 heteroatoms. The Bertz CT molecular complexity index is 499. The number of nitrogens with zero attached hydrogens (tertiary/aromatic N) is 1. The van der Waals surface area contributed by atoms with Crippen molar-refractivity contribution in [1.82, 2.24) is 0 Å². The van der Waals surface area contributed by atoms with Gasteiger partial charge in [-0.1, -0.05) is 41.5 Å². The highest BCUT2D eigenvalue weighted by Gasteiger charge is 2.21. The first-order valence-electron chi connectivity index (χ1n) is 7.65. The Morgan fingerprint density at radius 3 is 2.33 bits per heavy atom. The summed E-state index contributed by atoms with van der Waals surface area (Å²) in [6.45, 7) is 12.7. The Morgan fingerprint density at radius 2 is 1.90 bits per heavy atom. The van der Waals surface area contributed by atoms with Crippen LogP contribution >= 0.6 is 0 Å². The standard InChI is InChI=1S/C18H29NO2/c1-8-16(12(2)3)19-11-13-9-14(21-7)10-15(17(13)20)18(4,5)6/h9-12,16,20H,8H2,1-7H3. The maximum atomic E-state index is 10.5. The molecule has 0 aromatic heterocycles. The number of phenolic OH excluding ortho intramolecular Hbond substituents is 1. The fourth-order valence-electron chi connectivity index (χ4n) is 2.34. The minimum absolute atomic E-state index is 0.149. The van der Waals surface area contributed by atoms with Crippen molar-refractivity contribution in [1.29, 1.82) is 0 Å². The van der Waals surface area contributed by atoms with Crippen molar-refractivity contribution in [3.05, 3.63) is 23.3 Å². The van der Waals surface area contributed by atoms with Crippen LogP contribution in [0.1, 0.15) is 59.1 Å². The van der Waals surface area contributed by atoms with Gasteiger partial charge < -0.3 is 9.84 Å². The van der Waals surface area contributed by atoms with Crippen LogP contribution in [0.25, 0.3) is 0 Å². The lowest BCUT2D eigenvalue weighted by Crippen LogP contribution is -2.13. The van der Waals surface area contributed by atoms with Crippen molar-refractivity contribution in [2.24, 2.45) is 10.9 Å². The highest BCUT2D eigenvalue weighted by atomic mass is 16.5. The van der Waals surface area contributed by atoms with Gasteiger partial charge in [-0.2, -0.15) is 0 Å². The zero-order valence-corrected chi connectivity index (χ0v) is 14.4. The van der Waals surface area contributed by atoms with E-state index in [4.69, 9.17) is 4.74 Å². The van der Waals surface area contributed by atoms with Gasteiger partial charge in [0.2, 0.25) is 0 Å². The van der Waals surface area contributed by atoms with E-state index < -0.39 is 0 Å². The predicted molar refractivity (Wildman–Crippen MR) is 89.9 cm³/mol. The lowest BCUT2D eigenvalue weighted by Gasteiger charge is -2.22. The number of hydrogen-bond donors (Lipinski definition) is 1. The number of hydrogen-bond acceptors (Lipinski definition) is 3. The van der Waals surface area contributed by atoms with Gasteiger partial charge in [0.1, 0.15) is 11.5 Å². The molecule has 1 atom stereocenters. The summed E-state index contributed by atoms with van der Waals surface area (Å²) in [7, 11) is 1.64. The molecule has 3 nitrogen and oxygen atoms in total. The van der Waals surface area contributed by atoms with Crippen LogP contribution in [0.4, 0.5) is 0 Å². The van der Waals surface area contributed by atoms with Gasteiger partial charge in [0.25, 0.3) is 0 Å². The summed E-state index contributed by atoms with van der Waals surface area (Å²) in [6.07, 6.45) is 2.77. The van der Waals surface area contributed by atoms with Crippen molar-refractivity contribution in [3.8, 4) is 11.5 Å². The van der Waals surface area contributed by atoms with E-state index in [1.54, 1.807) is 13.3 Å². The third-order valence-electron chi connectivity index (χ3n) is 3.75. The summed E-state index contributed by atoms with van der Waals surface area (Å²) in [5.74, 6) is 1.53. The van der Waals surface area contributed by atoms with Crippen molar-refractivity contribution >= 4 is 6.21 Å². The molecule has 0 aliphatic carbocycles. The van der Waals surface area contributed by atoms with Gasteiger partial charge in [-0.05, 0) is 29.9 Å². The van der Waals surface area contributed by atoms with E-state index in [2.05, 4.69) is 46.5 Å². The van der Waals surface area contributed by atoms with Crippen LogP contribution in [0, 0.1) is 5.92 Å². The fraction of sp³-hybridized carbons (Fsp3) is 0.611. The summed E-state index contributed by atoms with van der Waals surface area (Å²) in [5, 5.41) is 10.5. The maximum Gasteiger partial charge on any atom is 0.128 e. The topological polar surface area (TPSA) is 41.8 Å². The average molecular weight is 291 g/mol. The summed E-state index contributed by atoms with van der Waals surface area (Å²) in [4.78, 5) is 4.63. The van der Waals surface area contributed by atoms with Crippen molar-refractivity contribution in [3.63, 3.8) is 0 Å². The summed E-state index contributed by atoms with van der Waals surface area (Å²) in [5.41, 5.74) is 1.45. The molecule has 0 bridgehead atoms. The highest BCUT2D eigenvalue weighted by molar-refractivity contribution is 5.85. The third kappa shape index (κ3) is 4.48. The molecule has 1 aromatic rings. The monoisotopic (exact) mass is 291 g/mol. The molecule has 118 valence electrons. The molecule has 0 aliphatic rings. The zero-order valence-electron chi connectivity index (χ0n) is 14.4. The van der Waals surface area contributed by atoms with Crippen molar-refractivity contribution < 1.29 is 9.84 Å². The van der Waals surface area contributed by atoms with E-state index in [0.717, 1.165) is 23.3 Å². The number of aromatic hydroxyl groups is 1. The van der Waals surface area contributed by atoms with E-state index in [1.807, 2.05) is 12.1 Å². The number of phenols is 1. The van der Waals surface area contributed by atoms with Crippen LogP contribution in [-0.4, -0.2) is 24.5 Å². The van der Waals surface area contributed by atoms with E-state index in [0.29, 0.717) is 11.7 Å². The highest BCUT2D eigenvalue weighted by Crippen LogP contribution is 2.36. The second-order valence-electron chi connectivity index (χ2n) is 6.86. The van der Waals surface area contributed by atoms with Gasteiger partial charge in [-0.3, -0.25) is 4.99 Å². The number of rotatable bonds is 5. The number of ether oxygens (including phenoxy) is 1. The molecule has 1 unspecified atom stereocenters. The first kappa shape index (κ1) is 17.5. The molecule has 0 saturated carbocycles. The molecular weight excluding hydrogens is 262 g/mol. The molecule has 0 aliphatic heterocycles. The quantitative estimate of drug-likeness (QED) is 0.808. The van der Waals surface area contributed by atoms with Gasteiger partial charge in [-0.15, -0.1) is 0 Å². The van der Waals surface area contributed by atoms with Gasteiger partial charge in [0, 0.05) is 17.3 Å². The average Bonchev–Trinajstić information content (AvgIpc) is 2.39. The summed E-state index contributed by atoms with van der Waals surface area (Å²) in [6, 6.07) is 4.00. The lowest BCUT2D eigenvalue weighted by molar-refractivity contribution is 0.405. The van der Waals surface area contributed by atoms with Crippen LogP contribution < -0.4 is 4.74 Å². The molecule has 0 amide bonds. The molecule has 0 heterocycles. The summed E-state index contributed by atoms with van der Waals surface area (Å²) >= 11 is 0. The first-order chi connectivity index (χ1) is 9.70. The molecule has 21 heavy (non-hydrogen) atoms. The van der Waals surface area contributed by atoms with Crippen molar-refractivity contribution in [2.45, 2.75) is 59.4 Å². The number of aliphatic imine (C=N–C) groups is 1. The zero-order chi connectivity index (χ0) is 16.2. The third-order valence-corrected chi connectivity index (χ3v) is 3.75. The van der Waals surface area contributed by atoms with Crippen LogP contribution in [0.3, 0.4) is 0 Å². The Balaban J connectivity index is 3.26. The molecule has 0 spiro atoms. The first-order valence-corrected chi connectivity index (χ1v) is 7.65. The van der Waals surface area contributed by atoms with E-state index >= 15 is 0 Å². The number of benzene rings is 1. The molecule has 0 fully saturated rings. The van der Waals surface area contributed by atoms with E-state index in [1.165, 1.54) is 0 Å². The second kappa shape index (κ2) is 6.97. The second-order valence-corrected chi connectivity index (χ2v) is 6.86. The molecule has 0 radical (unpaired) electrons. The minimum Gasteiger partial charge on any atom is -0.507 e. The lowest BCUT2D eigenvalue weighted by atomic mass is 9.85. The van der Waals surface area contributed by atoms with Crippen LogP contribution in [0.15, 0.2) is 17.1 Å². The largest absolute Gasteiger partial charge is 0.507 e. The van der Waals surface area contributed by atoms with Gasteiger partial charge in [0.15, 0.2) is 0 Å². The van der Waals surface area contributed by atoms with Crippen molar-refractivity contribution in [2.75, 3.05) is 7.11 Å². The Hall–Kier alpha value is -1.51. The maximum absolute atomic E-state index is 10.5. The molecule has 1 rings (SSSR count). The fourth-order valence-corrected chi connectivity index (χ4v) is 2.34. The Kier molecular flexibility index (Phi) is 5.82. The van der Waals surface area contributed by atoms with E-state index in [9.17, 15) is 5.11 Å². The molecule has 1 aromatic carbocycles. The van der Waals surface area contributed by atoms with Gasteiger partial charge >= 0.3 is 0 Å². The smallest absolute Gasteiger partial charge is 0.128 e. The molecule has 0 saturated heterocycles. The predicted octanol–water partition coefficient (Wildman–Crippen LogP) is 4.55. The minimum atomic E-state index is -0.149. The van der Waals surface area contributed by atoms with E-state index in [-0.39, 0.29) is 11.5 Å². The van der Waals surface area contributed by atoms with Crippen LogP contribution in [0.5, 0.6) is 11.5 Å².